The average molecular weight is 314 g/mol. The maximum absolute atomic E-state index is 4.19. The summed E-state index contributed by atoms with van der Waals surface area (Å²) in [5.74, 6) is 0. The summed E-state index contributed by atoms with van der Waals surface area (Å²) in [5.41, 5.74) is 6.70. The summed E-state index contributed by atoms with van der Waals surface area (Å²) in [6.07, 6.45) is 7.43. The molecule has 0 bridgehead atoms. The molecule has 0 aliphatic heterocycles. The third-order valence-electron chi connectivity index (χ3n) is 4.87. The third kappa shape index (κ3) is 3.24. The van der Waals surface area contributed by atoms with E-state index in [1.165, 1.54) is 47.1 Å². The van der Waals surface area contributed by atoms with Crippen LogP contribution in [-0.2, 0) is 13.0 Å². The molecule has 0 saturated carbocycles. The number of fused-ring (bicyclic) bond motifs is 1. The van der Waals surface area contributed by atoms with E-state index in [1.54, 1.807) is 0 Å². The lowest BCUT2D eigenvalue weighted by atomic mass is 9.87. The van der Waals surface area contributed by atoms with Crippen LogP contribution < -0.4 is 5.32 Å². The molecule has 3 aromatic rings. The fourth-order valence-corrected chi connectivity index (χ4v) is 3.56. The number of aromatic nitrogens is 1. The SMILES string of the molecule is c1cncc(-c2ccc(CN[C@H]3CCCc4ccccc43)cc2)c1. The predicted octanol–water partition coefficient (Wildman–Crippen LogP) is 4.92. The second kappa shape index (κ2) is 6.98. The van der Waals surface area contributed by atoms with Gasteiger partial charge in [-0.3, -0.25) is 4.98 Å². The number of aryl methyl sites for hydroxylation is 1. The fraction of sp³-hybridized carbons (Fsp3) is 0.227. The molecule has 0 saturated heterocycles. The van der Waals surface area contributed by atoms with Gasteiger partial charge in [0.1, 0.15) is 0 Å². The smallest absolute Gasteiger partial charge is 0.0346 e. The zero-order valence-electron chi connectivity index (χ0n) is 13.8. The number of rotatable bonds is 4. The Kier molecular flexibility index (Phi) is 4.39. The number of nitrogens with zero attached hydrogens (tertiary/aromatic N) is 1. The minimum Gasteiger partial charge on any atom is -0.306 e. The molecule has 4 rings (SSSR count). The summed E-state index contributed by atoms with van der Waals surface area (Å²) in [7, 11) is 0. The van der Waals surface area contributed by atoms with Crippen molar-refractivity contribution in [1.82, 2.24) is 10.3 Å². The Labute approximate surface area is 143 Å². The van der Waals surface area contributed by atoms with Crippen molar-refractivity contribution in [3.8, 4) is 11.1 Å². The highest BCUT2D eigenvalue weighted by Gasteiger charge is 2.18. The van der Waals surface area contributed by atoms with Crippen LogP contribution >= 0.6 is 0 Å². The molecule has 0 amide bonds. The number of pyridine rings is 1. The van der Waals surface area contributed by atoms with Crippen molar-refractivity contribution in [3.05, 3.63) is 89.7 Å². The van der Waals surface area contributed by atoms with Crippen LogP contribution in [0.4, 0.5) is 0 Å². The van der Waals surface area contributed by atoms with Gasteiger partial charge in [0.25, 0.3) is 0 Å². The van der Waals surface area contributed by atoms with Crippen molar-refractivity contribution in [1.29, 1.82) is 0 Å². The first-order valence-corrected chi connectivity index (χ1v) is 8.71. The molecule has 2 heteroatoms. The Morgan fingerprint density at radius 1 is 0.917 bits per heavy atom. The monoisotopic (exact) mass is 314 g/mol. The van der Waals surface area contributed by atoms with Gasteiger partial charge in [-0.1, -0.05) is 54.6 Å². The molecule has 0 spiro atoms. The lowest BCUT2D eigenvalue weighted by Crippen LogP contribution is -2.24. The standard InChI is InChI=1S/C22H22N2/c1-2-8-21-19(5-1)6-3-9-22(21)24-15-17-10-12-18(13-11-17)20-7-4-14-23-16-20/h1-2,4-5,7-8,10-14,16,22,24H,3,6,9,15H2/t22-/m0/s1. The van der Waals surface area contributed by atoms with E-state index in [0.717, 1.165) is 6.54 Å². The highest BCUT2D eigenvalue weighted by atomic mass is 14.9. The van der Waals surface area contributed by atoms with Gasteiger partial charge >= 0.3 is 0 Å². The van der Waals surface area contributed by atoms with Crippen LogP contribution in [0.5, 0.6) is 0 Å². The number of hydrogen-bond donors (Lipinski definition) is 1. The highest BCUT2D eigenvalue weighted by Crippen LogP contribution is 2.29. The number of hydrogen-bond acceptors (Lipinski definition) is 2. The number of benzene rings is 2. The Bertz CT molecular complexity index is 794. The van der Waals surface area contributed by atoms with E-state index in [9.17, 15) is 0 Å². The van der Waals surface area contributed by atoms with E-state index in [-0.39, 0.29) is 0 Å². The van der Waals surface area contributed by atoms with Gasteiger partial charge in [0.2, 0.25) is 0 Å². The normalized spacial score (nSPS) is 16.6. The first kappa shape index (κ1) is 15.1. The van der Waals surface area contributed by atoms with E-state index in [2.05, 4.69) is 64.9 Å². The molecule has 1 aliphatic carbocycles. The van der Waals surface area contributed by atoms with Crippen molar-refractivity contribution in [3.63, 3.8) is 0 Å². The van der Waals surface area contributed by atoms with Gasteiger partial charge in [-0.25, -0.2) is 0 Å². The molecule has 0 unspecified atom stereocenters. The van der Waals surface area contributed by atoms with E-state index in [1.807, 2.05) is 18.5 Å². The van der Waals surface area contributed by atoms with Crippen LogP contribution in [0.15, 0.2) is 73.1 Å². The molecule has 2 aromatic carbocycles. The van der Waals surface area contributed by atoms with Crippen LogP contribution in [0.3, 0.4) is 0 Å². The first-order chi connectivity index (χ1) is 11.9. The quantitative estimate of drug-likeness (QED) is 0.739. The summed E-state index contributed by atoms with van der Waals surface area (Å²) in [5, 5.41) is 3.74. The Morgan fingerprint density at radius 3 is 2.62 bits per heavy atom. The summed E-state index contributed by atoms with van der Waals surface area (Å²) < 4.78 is 0. The number of nitrogens with one attached hydrogen (secondary N) is 1. The van der Waals surface area contributed by atoms with Gasteiger partial charge in [-0.2, -0.15) is 0 Å². The van der Waals surface area contributed by atoms with Gasteiger partial charge in [-0.05, 0) is 53.1 Å². The molecule has 0 radical (unpaired) electrons. The molecule has 1 heterocycles. The van der Waals surface area contributed by atoms with Gasteiger partial charge < -0.3 is 5.32 Å². The topological polar surface area (TPSA) is 24.9 Å². The first-order valence-electron chi connectivity index (χ1n) is 8.71. The predicted molar refractivity (Wildman–Crippen MR) is 98.6 cm³/mol. The molecule has 1 aromatic heterocycles. The zero-order chi connectivity index (χ0) is 16.2. The lowest BCUT2D eigenvalue weighted by molar-refractivity contribution is 0.459. The van der Waals surface area contributed by atoms with Crippen molar-refractivity contribution >= 4 is 0 Å². The van der Waals surface area contributed by atoms with Crippen molar-refractivity contribution in [2.24, 2.45) is 0 Å². The van der Waals surface area contributed by atoms with Gasteiger partial charge in [0.15, 0.2) is 0 Å². The molecule has 24 heavy (non-hydrogen) atoms. The van der Waals surface area contributed by atoms with E-state index < -0.39 is 0 Å². The Morgan fingerprint density at radius 2 is 1.79 bits per heavy atom. The maximum Gasteiger partial charge on any atom is 0.0346 e. The van der Waals surface area contributed by atoms with Crippen LogP contribution in [-0.4, -0.2) is 4.98 Å². The van der Waals surface area contributed by atoms with E-state index >= 15 is 0 Å². The van der Waals surface area contributed by atoms with Crippen molar-refractivity contribution < 1.29 is 0 Å². The van der Waals surface area contributed by atoms with Crippen LogP contribution in [0.25, 0.3) is 11.1 Å². The van der Waals surface area contributed by atoms with Crippen LogP contribution in [0.1, 0.15) is 35.6 Å². The molecule has 0 fully saturated rings. The van der Waals surface area contributed by atoms with E-state index in [0.29, 0.717) is 6.04 Å². The Hall–Kier alpha value is -2.45. The minimum absolute atomic E-state index is 0.480. The van der Waals surface area contributed by atoms with E-state index in [4.69, 9.17) is 0 Å². The van der Waals surface area contributed by atoms with Crippen LogP contribution in [0.2, 0.25) is 0 Å². The molecule has 1 aliphatic rings. The molecule has 120 valence electrons. The van der Waals surface area contributed by atoms with Crippen LogP contribution in [0, 0.1) is 0 Å². The van der Waals surface area contributed by atoms with Gasteiger partial charge in [0.05, 0.1) is 0 Å². The van der Waals surface area contributed by atoms with Gasteiger partial charge in [0, 0.05) is 25.0 Å². The second-order valence-corrected chi connectivity index (χ2v) is 6.46. The molecular weight excluding hydrogens is 292 g/mol. The lowest BCUT2D eigenvalue weighted by Gasteiger charge is -2.26. The summed E-state index contributed by atoms with van der Waals surface area (Å²) in [6, 6.07) is 22.2. The molecule has 2 nitrogen and oxygen atoms in total. The third-order valence-corrected chi connectivity index (χ3v) is 4.87. The summed E-state index contributed by atoms with van der Waals surface area (Å²) in [6.45, 7) is 0.909. The van der Waals surface area contributed by atoms with Crippen molar-refractivity contribution in [2.45, 2.75) is 31.8 Å². The molecule has 1 N–H and O–H groups in total. The van der Waals surface area contributed by atoms with Crippen molar-refractivity contribution in [2.75, 3.05) is 0 Å². The van der Waals surface area contributed by atoms with Gasteiger partial charge in [-0.15, -0.1) is 0 Å². The zero-order valence-corrected chi connectivity index (χ0v) is 13.8. The largest absolute Gasteiger partial charge is 0.306 e. The second-order valence-electron chi connectivity index (χ2n) is 6.46. The highest BCUT2D eigenvalue weighted by molar-refractivity contribution is 5.62. The average Bonchev–Trinajstić information content (AvgIpc) is 2.67. The summed E-state index contributed by atoms with van der Waals surface area (Å²) >= 11 is 0. The fourth-order valence-electron chi connectivity index (χ4n) is 3.56. The minimum atomic E-state index is 0.480. The Balaban J connectivity index is 1.44. The maximum atomic E-state index is 4.19. The molecular formula is C22H22N2. The molecule has 1 atom stereocenters. The summed E-state index contributed by atoms with van der Waals surface area (Å²) in [4.78, 5) is 4.19.